The summed E-state index contributed by atoms with van der Waals surface area (Å²) in [6, 6.07) is 2.11. The third-order valence-electron chi connectivity index (χ3n) is 3.26. The van der Waals surface area contributed by atoms with Gasteiger partial charge in [0.2, 0.25) is 0 Å². The first-order chi connectivity index (χ1) is 9.95. The average molecular weight is 300 g/mol. The minimum atomic E-state index is -0.707. The van der Waals surface area contributed by atoms with Crippen LogP contribution in [0.25, 0.3) is 0 Å². The SMILES string of the molecule is COc1cc(NCCC2(C)OCCO2)c(F)cc1[N+](=O)[O-]. The molecule has 0 bridgehead atoms. The number of nitro groups is 1. The number of rotatable bonds is 6. The van der Waals surface area contributed by atoms with Gasteiger partial charge in [-0.05, 0) is 6.92 Å². The van der Waals surface area contributed by atoms with E-state index in [9.17, 15) is 14.5 Å². The molecule has 0 aliphatic carbocycles. The molecule has 116 valence electrons. The Morgan fingerprint density at radius 3 is 2.71 bits per heavy atom. The molecule has 0 amide bonds. The fraction of sp³-hybridized carbons (Fsp3) is 0.538. The number of benzene rings is 1. The lowest BCUT2D eigenvalue weighted by Crippen LogP contribution is -2.28. The van der Waals surface area contributed by atoms with Crippen molar-refractivity contribution in [2.75, 3.05) is 32.2 Å². The molecule has 1 fully saturated rings. The Morgan fingerprint density at radius 1 is 1.48 bits per heavy atom. The second-order valence-corrected chi connectivity index (χ2v) is 4.77. The van der Waals surface area contributed by atoms with E-state index in [-0.39, 0.29) is 11.4 Å². The van der Waals surface area contributed by atoms with Crippen molar-refractivity contribution in [1.82, 2.24) is 0 Å². The minimum Gasteiger partial charge on any atom is -0.490 e. The molecule has 0 atom stereocenters. The van der Waals surface area contributed by atoms with Crippen molar-refractivity contribution in [3.8, 4) is 5.75 Å². The standard InChI is InChI=1S/C13H17FN2O5/c1-13(20-5-6-21-13)3-4-15-10-8-12(19-2)11(16(17)18)7-9(10)14/h7-8,15H,3-6H2,1-2H3. The topological polar surface area (TPSA) is 82.9 Å². The molecule has 1 aromatic carbocycles. The molecule has 1 aliphatic rings. The van der Waals surface area contributed by atoms with Gasteiger partial charge < -0.3 is 19.5 Å². The van der Waals surface area contributed by atoms with Gasteiger partial charge >= 0.3 is 5.69 Å². The van der Waals surface area contributed by atoms with E-state index >= 15 is 0 Å². The van der Waals surface area contributed by atoms with Gasteiger partial charge in [-0.15, -0.1) is 0 Å². The fourth-order valence-electron chi connectivity index (χ4n) is 2.11. The second-order valence-electron chi connectivity index (χ2n) is 4.77. The van der Waals surface area contributed by atoms with E-state index in [4.69, 9.17) is 14.2 Å². The quantitative estimate of drug-likeness (QED) is 0.641. The van der Waals surface area contributed by atoms with E-state index in [1.807, 2.05) is 6.92 Å². The van der Waals surface area contributed by atoms with Gasteiger partial charge in [0, 0.05) is 19.0 Å². The molecule has 0 radical (unpaired) electrons. The second kappa shape index (κ2) is 6.23. The molecule has 1 aromatic rings. The smallest absolute Gasteiger partial charge is 0.313 e. The largest absolute Gasteiger partial charge is 0.490 e. The monoisotopic (exact) mass is 300 g/mol. The Labute approximate surface area is 121 Å². The van der Waals surface area contributed by atoms with Gasteiger partial charge in [-0.1, -0.05) is 0 Å². The zero-order valence-corrected chi connectivity index (χ0v) is 11.8. The van der Waals surface area contributed by atoms with Gasteiger partial charge in [0.25, 0.3) is 0 Å². The van der Waals surface area contributed by atoms with Crippen LogP contribution in [0.1, 0.15) is 13.3 Å². The van der Waals surface area contributed by atoms with Gasteiger partial charge in [-0.3, -0.25) is 10.1 Å². The Balaban J connectivity index is 2.04. The number of methoxy groups -OCH3 is 1. The first kappa shape index (κ1) is 15.5. The molecule has 1 aliphatic heterocycles. The lowest BCUT2D eigenvalue weighted by molar-refractivity contribution is -0.385. The lowest BCUT2D eigenvalue weighted by Gasteiger charge is -2.22. The van der Waals surface area contributed by atoms with Crippen LogP contribution in [-0.2, 0) is 9.47 Å². The summed E-state index contributed by atoms with van der Waals surface area (Å²) >= 11 is 0. The van der Waals surface area contributed by atoms with E-state index < -0.39 is 22.2 Å². The lowest BCUT2D eigenvalue weighted by atomic mass is 10.2. The Hall–Kier alpha value is -1.93. The third-order valence-corrected chi connectivity index (χ3v) is 3.26. The summed E-state index contributed by atoms with van der Waals surface area (Å²) in [5, 5.41) is 13.6. The number of hydrogen-bond acceptors (Lipinski definition) is 6. The van der Waals surface area contributed by atoms with E-state index in [2.05, 4.69) is 5.32 Å². The zero-order chi connectivity index (χ0) is 15.5. The van der Waals surface area contributed by atoms with E-state index in [1.165, 1.54) is 13.2 Å². The van der Waals surface area contributed by atoms with Crippen LogP contribution < -0.4 is 10.1 Å². The first-order valence-electron chi connectivity index (χ1n) is 6.49. The number of nitro benzene ring substituents is 1. The maximum Gasteiger partial charge on any atom is 0.313 e. The Kier molecular flexibility index (Phi) is 4.59. The minimum absolute atomic E-state index is 0.00322. The molecule has 8 heteroatoms. The molecular weight excluding hydrogens is 283 g/mol. The van der Waals surface area contributed by atoms with Gasteiger partial charge in [-0.25, -0.2) is 4.39 Å². The van der Waals surface area contributed by atoms with Crippen LogP contribution in [0.4, 0.5) is 15.8 Å². The highest BCUT2D eigenvalue weighted by Crippen LogP contribution is 2.32. The maximum absolute atomic E-state index is 13.8. The van der Waals surface area contributed by atoms with Gasteiger partial charge in [0.15, 0.2) is 17.4 Å². The van der Waals surface area contributed by atoms with Crippen LogP contribution in [0.15, 0.2) is 12.1 Å². The van der Waals surface area contributed by atoms with Crippen molar-refractivity contribution in [2.45, 2.75) is 19.1 Å². The number of anilines is 1. The summed E-state index contributed by atoms with van der Waals surface area (Å²) in [4.78, 5) is 10.1. The third kappa shape index (κ3) is 3.59. The zero-order valence-electron chi connectivity index (χ0n) is 11.8. The molecule has 0 spiro atoms. The van der Waals surface area contributed by atoms with Crippen molar-refractivity contribution < 1.29 is 23.5 Å². The molecule has 0 saturated carbocycles. The van der Waals surface area contributed by atoms with Crippen molar-refractivity contribution in [1.29, 1.82) is 0 Å². The molecule has 21 heavy (non-hydrogen) atoms. The van der Waals surface area contributed by atoms with E-state index in [0.717, 1.165) is 6.07 Å². The summed E-state index contributed by atoms with van der Waals surface area (Å²) < 4.78 is 29.6. The van der Waals surface area contributed by atoms with Crippen LogP contribution in [0.2, 0.25) is 0 Å². The number of nitrogens with one attached hydrogen (secondary N) is 1. The van der Waals surface area contributed by atoms with Gasteiger partial charge in [0.1, 0.15) is 0 Å². The first-order valence-corrected chi connectivity index (χ1v) is 6.49. The van der Waals surface area contributed by atoms with E-state index in [0.29, 0.717) is 26.2 Å². The predicted molar refractivity (Wildman–Crippen MR) is 73.0 cm³/mol. The highest BCUT2D eigenvalue weighted by Gasteiger charge is 2.30. The van der Waals surface area contributed by atoms with Crippen LogP contribution >= 0.6 is 0 Å². The molecule has 2 rings (SSSR count). The molecular formula is C13H17FN2O5. The summed E-state index contributed by atoms with van der Waals surface area (Å²) in [6.07, 6.45) is 0.520. The molecule has 7 nitrogen and oxygen atoms in total. The average Bonchev–Trinajstić information content (AvgIpc) is 2.87. The Bertz CT molecular complexity index is 532. The van der Waals surface area contributed by atoms with Crippen molar-refractivity contribution in [3.05, 3.63) is 28.1 Å². The van der Waals surface area contributed by atoms with Crippen molar-refractivity contribution in [2.24, 2.45) is 0 Å². The predicted octanol–water partition coefficient (Wildman–Crippen LogP) is 2.31. The van der Waals surface area contributed by atoms with E-state index in [1.54, 1.807) is 0 Å². The normalized spacial score (nSPS) is 16.7. The summed E-state index contributed by atoms with van der Waals surface area (Å²) in [7, 11) is 1.30. The van der Waals surface area contributed by atoms with Crippen molar-refractivity contribution >= 4 is 11.4 Å². The molecule has 0 aromatic heterocycles. The highest BCUT2D eigenvalue weighted by atomic mass is 19.1. The van der Waals surface area contributed by atoms with Gasteiger partial charge in [0.05, 0.1) is 37.0 Å². The number of halogens is 1. The Morgan fingerprint density at radius 2 is 2.14 bits per heavy atom. The molecule has 1 N–H and O–H groups in total. The highest BCUT2D eigenvalue weighted by molar-refractivity contribution is 5.59. The molecule has 0 unspecified atom stereocenters. The maximum atomic E-state index is 13.8. The summed E-state index contributed by atoms with van der Waals surface area (Å²) in [5.41, 5.74) is -0.269. The number of nitrogens with zero attached hydrogens (tertiary/aromatic N) is 1. The number of ether oxygens (including phenoxy) is 3. The van der Waals surface area contributed by atoms with Crippen LogP contribution in [-0.4, -0.2) is 37.6 Å². The molecule has 1 saturated heterocycles. The summed E-state index contributed by atoms with van der Waals surface area (Å²) in [6.45, 7) is 3.29. The van der Waals surface area contributed by atoms with Crippen molar-refractivity contribution in [3.63, 3.8) is 0 Å². The van der Waals surface area contributed by atoms with Crippen LogP contribution in [0, 0.1) is 15.9 Å². The van der Waals surface area contributed by atoms with Gasteiger partial charge in [-0.2, -0.15) is 0 Å². The fourth-order valence-corrected chi connectivity index (χ4v) is 2.11. The molecule has 1 heterocycles. The van der Waals surface area contributed by atoms with Crippen LogP contribution in [0.5, 0.6) is 5.75 Å². The van der Waals surface area contributed by atoms with Crippen LogP contribution in [0.3, 0.4) is 0 Å². The summed E-state index contributed by atoms with van der Waals surface area (Å²) in [5.74, 6) is -1.38. The number of hydrogen-bond donors (Lipinski definition) is 1.